The number of nitrogens with zero attached hydrogens (tertiary/aromatic N) is 5. The number of aromatic nitrogens is 1. The van der Waals surface area contributed by atoms with Gasteiger partial charge in [-0.05, 0) is 51.1 Å². The van der Waals surface area contributed by atoms with E-state index in [0.717, 1.165) is 24.3 Å². The average molecular weight is 524 g/mol. The number of amides is 2. The summed E-state index contributed by atoms with van der Waals surface area (Å²) < 4.78 is 1.87. The second kappa shape index (κ2) is 14.0. The molecule has 37 heavy (non-hydrogen) atoms. The van der Waals surface area contributed by atoms with Gasteiger partial charge in [0.25, 0.3) is 11.5 Å². The number of anilines is 2. The van der Waals surface area contributed by atoms with E-state index in [-0.39, 0.29) is 34.8 Å². The largest absolute Gasteiger partial charge is 0.360 e. The van der Waals surface area contributed by atoms with Crippen molar-refractivity contribution in [3.63, 3.8) is 0 Å². The number of hydrogen-bond acceptors (Lipinski definition) is 8. The highest BCUT2D eigenvalue weighted by Crippen LogP contribution is 2.19. The predicted molar refractivity (Wildman–Crippen MR) is 146 cm³/mol. The Balaban J connectivity index is 2.29. The van der Waals surface area contributed by atoms with E-state index in [1.54, 1.807) is 31.0 Å². The molecule has 0 aliphatic carbocycles. The van der Waals surface area contributed by atoms with Gasteiger partial charge in [-0.3, -0.25) is 23.9 Å². The van der Waals surface area contributed by atoms with Crippen molar-refractivity contribution in [3.8, 4) is 12.1 Å². The number of hydrogen-bond donors (Lipinski definition) is 2. The molecule has 0 aliphatic heterocycles. The normalized spacial score (nSPS) is 12.2. The zero-order valence-corrected chi connectivity index (χ0v) is 22.7. The summed E-state index contributed by atoms with van der Waals surface area (Å²) in [4.78, 5) is 41.6. The predicted octanol–water partition coefficient (Wildman–Crippen LogP) is 1.03. The number of carbonyl (C=O) groups excluding carboxylic acids is 2. The summed E-state index contributed by atoms with van der Waals surface area (Å²) in [5.41, 5.74) is 0.801. The lowest BCUT2D eigenvalue weighted by atomic mass is 10.1. The van der Waals surface area contributed by atoms with E-state index in [1.807, 2.05) is 36.2 Å². The molecule has 0 unspecified atom stereocenters. The molecule has 0 spiro atoms. The molecule has 2 rings (SSSR count). The maximum Gasteiger partial charge on any atom is 0.270 e. The van der Waals surface area contributed by atoms with Crippen molar-refractivity contribution in [2.45, 2.75) is 33.7 Å². The van der Waals surface area contributed by atoms with Crippen LogP contribution >= 0.6 is 11.3 Å². The van der Waals surface area contributed by atoms with Gasteiger partial charge in [-0.1, -0.05) is 19.9 Å². The van der Waals surface area contributed by atoms with Crippen molar-refractivity contribution in [1.29, 1.82) is 10.5 Å². The molecule has 0 bridgehead atoms. The minimum atomic E-state index is -0.706. The molecule has 1 aromatic heterocycles. The SMILES string of the molecule is CCn1c(=O)/c(=C\Nc2cccc(N(C)C(=O)CN(C)CCC(C)C)c2)s/c1=C(/C#N)C(=O)NCC#N. The first-order valence-electron chi connectivity index (χ1n) is 11.9. The van der Waals surface area contributed by atoms with Crippen LogP contribution in [0.4, 0.5) is 11.4 Å². The van der Waals surface area contributed by atoms with Crippen molar-refractivity contribution in [1.82, 2.24) is 14.8 Å². The van der Waals surface area contributed by atoms with E-state index in [2.05, 4.69) is 24.5 Å². The summed E-state index contributed by atoms with van der Waals surface area (Å²) in [5.74, 6) is -0.169. The van der Waals surface area contributed by atoms with Crippen molar-refractivity contribution < 1.29 is 9.59 Å². The maximum atomic E-state index is 12.9. The Morgan fingerprint density at radius 3 is 2.59 bits per heavy atom. The topological polar surface area (TPSA) is 134 Å². The Kier molecular flexibility index (Phi) is 11.1. The fourth-order valence-corrected chi connectivity index (χ4v) is 4.47. The molecule has 11 heteroatoms. The lowest BCUT2D eigenvalue weighted by molar-refractivity contribution is -0.119. The quantitative estimate of drug-likeness (QED) is 0.420. The third kappa shape index (κ3) is 8.04. The van der Waals surface area contributed by atoms with Gasteiger partial charge in [0.15, 0.2) is 5.57 Å². The Morgan fingerprint density at radius 2 is 1.97 bits per heavy atom. The molecular weight excluding hydrogens is 490 g/mol. The fourth-order valence-electron chi connectivity index (χ4n) is 3.39. The Hall–Kier alpha value is -3.93. The molecule has 0 radical (unpaired) electrons. The Labute approximate surface area is 220 Å². The van der Waals surface area contributed by atoms with Gasteiger partial charge in [0.05, 0.1) is 12.6 Å². The van der Waals surface area contributed by atoms with E-state index < -0.39 is 5.91 Å². The highest BCUT2D eigenvalue weighted by atomic mass is 32.1. The summed E-state index contributed by atoms with van der Waals surface area (Å²) in [5, 5.41) is 23.6. The van der Waals surface area contributed by atoms with Gasteiger partial charge in [0.1, 0.15) is 21.8 Å². The Morgan fingerprint density at radius 1 is 1.24 bits per heavy atom. The van der Waals surface area contributed by atoms with Crippen LogP contribution in [0.3, 0.4) is 0 Å². The lowest BCUT2D eigenvalue weighted by Gasteiger charge is -2.23. The van der Waals surface area contributed by atoms with Crippen molar-refractivity contribution >= 4 is 46.3 Å². The molecule has 0 saturated carbocycles. The maximum absolute atomic E-state index is 12.9. The van der Waals surface area contributed by atoms with Gasteiger partial charge < -0.3 is 15.5 Å². The van der Waals surface area contributed by atoms with Gasteiger partial charge in [0.2, 0.25) is 5.91 Å². The first-order valence-corrected chi connectivity index (χ1v) is 12.8. The van der Waals surface area contributed by atoms with Crippen molar-refractivity contribution in [2.24, 2.45) is 5.92 Å². The smallest absolute Gasteiger partial charge is 0.270 e. The second-order valence-corrected chi connectivity index (χ2v) is 9.89. The van der Waals surface area contributed by atoms with Crippen LogP contribution in [0.5, 0.6) is 0 Å². The van der Waals surface area contributed by atoms with Gasteiger partial charge in [0, 0.05) is 31.2 Å². The van der Waals surface area contributed by atoms with Crippen LogP contribution in [0.15, 0.2) is 29.1 Å². The van der Waals surface area contributed by atoms with Gasteiger partial charge in [-0.2, -0.15) is 10.5 Å². The first kappa shape index (κ1) is 29.3. The van der Waals surface area contributed by atoms with Gasteiger partial charge >= 0.3 is 0 Å². The first-order chi connectivity index (χ1) is 17.6. The molecule has 196 valence electrons. The van der Waals surface area contributed by atoms with E-state index in [0.29, 0.717) is 28.4 Å². The number of benzene rings is 1. The molecule has 2 N–H and O–H groups in total. The highest BCUT2D eigenvalue weighted by Gasteiger charge is 2.16. The molecular formula is C26H33N7O3S. The van der Waals surface area contributed by atoms with E-state index >= 15 is 0 Å². The van der Waals surface area contributed by atoms with Crippen LogP contribution in [0.1, 0.15) is 27.2 Å². The molecule has 0 fully saturated rings. The number of thiazole rings is 1. The summed E-state index contributed by atoms with van der Waals surface area (Å²) in [6.07, 6.45) is 2.54. The zero-order valence-electron chi connectivity index (χ0n) is 21.9. The van der Waals surface area contributed by atoms with E-state index in [9.17, 15) is 19.6 Å². The summed E-state index contributed by atoms with van der Waals surface area (Å²) in [6.45, 7) is 7.23. The van der Waals surface area contributed by atoms with Crippen molar-refractivity contribution in [2.75, 3.05) is 43.9 Å². The molecule has 1 heterocycles. The number of nitrogens with one attached hydrogen (secondary N) is 2. The molecule has 1 aromatic carbocycles. The minimum absolute atomic E-state index is 0.0321. The fraction of sp³-hybridized carbons (Fsp3) is 0.423. The average Bonchev–Trinajstić information content (AvgIpc) is 3.19. The molecule has 2 amide bonds. The lowest BCUT2D eigenvalue weighted by Crippen LogP contribution is -2.37. The monoisotopic (exact) mass is 523 g/mol. The second-order valence-electron chi connectivity index (χ2n) is 8.86. The van der Waals surface area contributed by atoms with Crippen LogP contribution in [-0.2, 0) is 16.1 Å². The van der Waals surface area contributed by atoms with E-state index in [4.69, 9.17) is 5.26 Å². The van der Waals surface area contributed by atoms with Crippen LogP contribution in [0, 0.1) is 28.6 Å². The number of likely N-dealkylation sites (N-methyl/N-ethyl adjacent to an activating group) is 2. The van der Waals surface area contributed by atoms with Crippen LogP contribution in [0.25, 0.3) is 11.8 Å². The van der Waals surface area contributed by atoms with Crippen LogP contribution in [-0.4, -0.2) is 55.0 Å². The summed E-state index contributed by atoms with van der Waals surface area (Å²) >= 11 is 1.01. The molecule has 0 aliphatic rings. The third-order valence-electron chi connectivity index (χ3n) is 5.58. The molecule has 10 nitrogen and oxygen atoms in total. The zero-order chi connectivity index (χ0) is 27.5. The third-order valence-corrected chi connectivity index (χ3v) is 6.71. The van der Waals surface area contributed by atoms with Crippen LogP contribution < -0.4 is 30.3 Å². The van der Waals surface area contributed by atoms with Crippen molar-refractivity contribution in [3.05, 3.63) is 43.8 Å². The standard InChI is InChI=1S/C26H33N7O3S/c1-6-33-25(36)22(37-26(33)21(15-28)24(35)29-12-11-27)16-30-19-8-7-9-20(14-19)32(5)23(34)17-31(4)13-10-18(2)3/h7-9,14,16,18,30H,6,10,12-13,17H2,1-5H3,(H,29,35)/b22-16+,26-21-. The molecule has 2 aromatic rings. The highest BCUT2D eigenvalue weighted by molar-refractivity contribution is 7.07. The summed E-state index contributed by atoms with van der Waals surface area (Å²) in [6, 6.07) is 10.9. The van der Waals surface area contributed by atoms with Gasteiger partial charge in [-0.15, -0.1) is 11.3 Å². The summed E-state index contributed by atoms with van der Waals surface area (Å²) in [7, 11) is 3.66. The molecule has 0 saturated heterocycles. The number of carbonyl (C=O) groups is 2. The Bertz CT molecular complexity index is 1380. The molecule has 0 atom stereocenters. The minimum Gasteiger partial charge on any atom is -0.360 e. The number of rotatable bonds is 11. The number of nitriles is 2. The van der Waals surface area contributed by atoms with Gasteiger partial charge in [-0.25, -0.2) is 0 Å². The van der Waals surface area contributed by atoms with E-state index in [1.165, 1.54) is 10.8 Å². The van der Waals surface area contributed by atoms with Crippen LogP contribution in [0.2, 0.25) is 0 Å².